The van der Waals surface area contributed by atoms with Crippen molar-refractivity contribution in [2.75, 3.05) is 174 Å². The molecule has 90 heavy (non-hydrogen) atoms. The summed E-state index contributed by atoms with van der Waals surface area (Å²) in [5.74, 6) is 2.74. The van der Waals surface area contributed by atoms with Crippen molar-refractivity contribution in [1.82, 2.24) is 60.0 Å². The van der Waals surface area contributed by atoms with Crippen LogP contribution in [0.2, 0.25) is 5.02 Å². The maximum absolute atomic E-state index is 15.1. The summed E-state index contributed by atoms with van der Waals surface area (Å²) in [5.41, 5.74) is -0.0442. The second-order valence-corrected chi connectivity index (χ2v) is 30.7. The highest BCUT2D eigenvalue weighted by Crippen LogP contribution is 2.37. The fourth-order valence-electron chi connectivity index (χ4n) is 16.2. The summed E-state index contributed by atoms with van der Waals surface area (Å²) in [6.07, 6.45) is 22.1. The monoisotopic (exact) mass is 1290 g/mol. The van der Waals surface area contributed by atoms with Gasteiger partial charge in [0, 0.05) is 154 Å². The van der Waals surface area contributed by atoms with Crippen molar-refractivity contribution in [3.63, 3.8) is 0 Å². The number of alkyl halides is 3. The van der Waals surface area contributed by atoms with Crippen LogP contribution in [0.3, 0.4) is 0 Å². The number of nitrogens with zero attached hydrogens (tertiary/aromatic N) is 9. The van der Waals surface area contributed by atoms with Crippen LogP contribution < -0.4 is 16.0 Å². The number of aliphatic hydroxyl groups is 1. The summed E-state index contributed by atoms with van der Waals surface area (Å²) in [7, 11) is 16.2. The Morgan fingerprint density at radius 2 is 1.32 bits per heavy atom. The van der Waals surface area contributed by atoms with Crippen molar-refractivity contribution in [2.45, 2.75) is 223 Å². The Hall–Kier alpha value is -1.71. The number of hydrogen-bond donors (Lipinski definition) is 4. The zero-order chi connectivity index (χ0) is 65.2. The third-order valence-electron chi connectivity index (χ3n) is 22.5. The number of nitrogens with one attached hydrogen (secondary N) is 3. The number of amides is 1. The van der Waals surface area contributed by atoms with E-state index >= 15 is 4.79 Å². The molecule has 0 bridgehead atoms. The van der Waals surface area contributed by atoms with E-state index < -0.39 is 11.7 Å². The Morgan fingerprint density at radius 1 is 0.678 bits per heavy atom. The van der Waals surface area contributed by atoms with Crippen LogP contribution in [-0.4, -0.2) is 271 Å². The molecule has 6 rings (SSSR count). The average molecular weight is 1290 g/mol. The molecule has 1 aromatic rings. The number of carbonyl (C=O) groups excluding carboxylic acids is 1. The zero-order valence-electron chi connectivity index (χ0n) is 59.1. The first-order valence-corrected chi connectivity index (χ1v) is 37.0. The Bertz CT molecular complexity index is 2110. The highest BCUT2D eigenvalue weighted by molar-refractivity contribution is 6.31. The Morgan fingerprint density at radius 3 is 1.98 bits per heavy atom. The minimum atomic E-state index is -4.51. The van der Waals surface area contributed by atoms with Gasteiger partial charge in [0.1, 0.15) is 0 Å². The minimum absolute atomic E-state index is 0.0358. The summed E-state index contributed by atoms with van der Waals surface area (Å²) >= 11 is 6.30. The molecule has 1 amide bonds. The molecular weight excluding hydrogens is 1160 g/mol. The highest BCUT2D eigenvalue weighted by atomic mass is 35.5. The SMILES string of the molecule is CC[C@H](C)[C@H]1CN(C)CCN(C)CCN(C)[C@@H](CC2CCCCC2)CN(C)CCN[C@@H](CCc2ccc(C(F)(F)F)c(Cl)c2)CN(CCO)CCNC2(CCCC2)CN(C)[C@@H](C2CCCCC2)CN(C)[C@H](C(=O)N2CCCCC2)CCN(C)[C@@H](CC(C)C)CN1. The number of piperidine rings is 1. The van der Waals surface area contributed by atoms with Crippen molar-refractivity contribution in [3.05, 3.63) is 34.3 Å². The predicted octanol–water partition coefficient (Wildman–Crippen LogP) is 10.5. The van der Waals surface area contributed by atoms with Gasteiger partial charge >= 0.3 is 6.18 Å². The normalized spacial score (nSPS) is 28.8. The van der Waals surface area contributed by atoms with E-state index in [0.29, 0.717) is 67.3 Å². The van der Waals surface area contributed by atoms with Crippen LogP contribution in [0.1, 0.15) is 180 Å². The summed E-state index contributed by atoms with van der Waals surface area (Å²) in [6.45, 7) is 25.4. The summed E-state index contributed by atoms with van der Waals surface area (Å²) < 4.78 is 41.5. The minimum Gasteiger partial charge on any atom is -0.395 e. The first-order valence-electron chi connectivity index (χ1n) is 36.6. The van der Waals surface area contributed by atoms with Gasteiger partial charge in [0.25, 0.3) is 0 Å². The molecule has 2 aliphatic heterocycles. The van der Waals surface area contributed by atoms with E-state index in [2.05, 4.69) is 137 Å². The van der Waals surface area contributed by atoms with Gasteiger partial charge in [-0.3, -0.25) is 14.6 Å². The smallest absolute Gasteiger partial charge is 0.395 e. The van der Waals surface area contributed by atoms with Gasteiger partial charge < -0.3 is 55.4 Å². The number of benzene rings is 1. The number of carbonyl (C=O) groups is 1. The van der Waals surface area contributed by atoms with E-state index in [1.165, 1.54) is 96.0 Å². The Labute approximate surface area is 553 Å². The molecular formula is C72H134ClF3N12O2. The molecule has 3 saturated carbocycles. The van der Waals surface area contributed by atoms with E-state index in [1.54, 1.807) is 6.07 Å². The lowest BCUT2D eigenvalue weighted by Gasteiger charge is -2.45. The molecule has 2 saturated heterocycles. The van der Waals surface area contributed by atoms with E-state index in [-0.39, 0.29) is 29.3 Å². The van der Waals surface area contributed by atoms with E-state index in [0.717, 1.165) is 174 Å². The number of halogens is 4. The summed E-state index contributed by atoms with van der Waals surface area (Å²) in [5, 5.41) is 22.7. The van der Waals surface area contributed by atoms with Crippen LogP contribution >= 0.6 is 11.6 Å². The Kier molecular flexibility index (Phi) is 34.5. The van der Waals surface area contributed by atoms with E-state index in [1.807, 2.05) is 0 Å². The molecule has 522 valence electrons. The van der Waals surface area contributed by atoms with Crippen LogP contribution in [0.25, 0.3) is 0 Å². The van der Waals surface area contributed by atoms with Gasteiger partial charge in [-0.15, -0.1) is 0 Å². The highest BCUT2D eigenvalue weighted by Gasteiger charge is 2.40. The molecule has 2 heterocycles. The molecule has 5 aliphatic rings. The molecule has 4 N–H and O–H groups in total. The Balaban J connectivity index is 1.28. The van der Waals surface area contributed by atoms with Crippen molar-refractivity contribution >= 4 is 17.5 Å². The van der Waals surface area contributed by atoms with Crippen LogP contribution in [0.5, 0.6) is 0 Å². The molecule has 0 radical (unpaired) electrons. The van der Waals surface area contributed by atoms with Gasteiger partial charge in [-0.1, -0.05) is 116 Å². The lowest BCUT2D eigenvalue weighted by Crippen LogP contribution is -2.59. The van der Waals surface area contributed by atoms with Crippen LogP contribution in [-0.2, 0) is 17.4 Å². The van der Waals surface area contributed by atoms with Gasteiger partial charge in [-0.25, -0.2) is 0 Å². The van der Waals surface area contributed by atoms with Crippen LogP contribution in [0.15, 0.2) is 18.2 Å². The standard InChI is InChI=1S/C72H134ClF3N12O2/c1-12-58(4)67-54-82(7)43-42-80(5)44-45-84(9)64(49-59-24-16-13-17-25-59)53-81(6)40-35-77-62(30-28-60-29-31-65(66(73)50-60)72(74,75)76)52-87(46-47-89)41-36-79-71(33-20-21-34-71)56-86(11)69(61-26-18-14-19-27-61)55-85(10)68(70(90)88-37-22-15-23-38-88)32-39-83(8)63(51-78-67)48-57(2)3/h29,31,50,57-59,61-64,67-69,77-79,89H,12-28,30,32-49,51-56H2,1-11H3/t58-,62-,63-,64-,67+,68-,69+/m0/s1. The van der Waals surface area contributed by atoms with Crippen molar-refractivity contribution < 1.29 is 23.1 Å². The molecule has 14 nitrogen and oxygen atoms in total. The molecule has 0 aromatic heterocycles. The fourth-order valence-corrected chi connectivity index (χ4v) is 16.6. The number of aryl methyl sites for hydroxylation is 1. The van der Waals surface area contributed by atoms with Gasteiger partial charge in [0.05, 0.1) is 23.2 Å². The molecule has 1 aromatic carbocycles. The van der Waals surface area contributed by atoms with E-state index in [4.69, 9.17) is 11.6 Å². The second kappa shape index (κ2) is 40.1. The summed E-state index contributed by atoms with van der Waals surface area (Å²) in [4.78, 5) is 37.7. The molecule has 3 aliphatic carbocycles. The lowest BCUT2D eigenvalue weighted by molar-refractivity contribution is -0.138. The predicted molar refractivity (Wildman–Crippen MR) is 371 cm³/mol. The van der Waals surface area contributed by atoms with Crippen LogP contribution in [0, 0.1) is 23.7 Å². The first-order chi connectivity index (χ1) is 43.1. The summed E-state index contributed by atoms with van der Waals surface area (Å²) in [6, 6.07) is 5.55. The maximum atomic E-state index is 15.1. The first kappa shape index (κ1) is 77.3. The number of likely N-dealkylation sites (tertiary alicyclic amines) is 1. The van der Waals surface area contributed by atoms with Gasteiger partial charge in [-0.2, -0.15) is 13.2 Å². The van der Waals surface area contributed by atoms with Gasteiger partial charge in [0.2, 0.25) is 5.91 Å². The number of rotatable bonds is 13. The number of likely N-dealkylation sites (N-methyl/N-ethyl adjacent to an activating group) is 7. The topological polar surface area (TPSA) is 103 Å². The second-order valence-electron chi connectivity index (χ2n) is 30.3. The van der Waals surface area contributed by atoms with E-state index in [9.17, 15) is 18.3 Å². The zero-order valence-corrected chi connectivity index (χ0v) is 59.9. The molecule has 1 spiro atoms. The largest absolute Gasteiger partial charge is 0.417 e. The molecule has 18 heteroatoms. The van der Waals surface area contributed by atoms with Crippen molar-refractivity contribution in [2.24, 2.45) is 23.7 Å². The molecule has 0 unspecified atom stereocenters. The third kappa shape index (κ3) is 26.4. The average Bonchev–Trinajstić information content (AvgIpc) is 1.47. The quantitative estimate of drug-likeness (QED) is 0.151. The van der Waals surface area contributed by atoms with Crippen molar-refractivity contribution in [3.8, 4) is 0 Å². The third-order valence-corrected chi connectivity index (χ3v) is 22.8. The number of β-amino-alcohol motifs (C(OH)–C–C–N with tert-alkyl or cyclic N) is 1. The number of hydrogen-bond acceptors (Lipinski definition) is 13. The fraction of sp³-hybridized carbons (Fsp3) is 0.903. The van der Waals surface area contributed by atoms with Crippen LogP contribution in [0.4, 0.5) is 13.2 Å². The van der Waals surface area contributed by atoms with Gasteiger partial charge in [0.15, 0.2) is 0 Å². The molecule has 7 atom stereocenters. The molecule has 5 fully saturated rings. The van der Waals surface area contributed by atoms with Gasteiger partial charge in [-0.05, 0) is 168 Å². The maximum Gasteiger partial charge on any atom is 0.417 e. The number of aliphatic hydroxyl groups excluding tert-OH is 1. The van der Waals surface area contributed by atoms with Crippen molar-refractivity contribution in [1.29, 1.82) is 0 Å². The lowest BCUT2D eigenvalue weighted by atomic mass is 9.82.